The van der Waals surface area contributed by atoms with Crippen LogP contribution in [-0.2, 0) is 9.53 Å². The largest absolute Gasteiger partial charge is 0.462 e. The average molecular weight is 332 g/mol. The van der Waals surface area contributed by atoms with Gasteiger partial charge in [0.1, 0.15) is 6.10 Å². The van der Waals surface area contributed by atoms with Crippen LogP contribution in [0.5, 0.6) is 0 Å². The van der Waals surface area contributed by atoms with Crippen molar-refractivity contribution in [2.24, 2.45) is 28.6 Å². The lowest BCUT2D eigenvalue weighted by Crippen LogP contribution is -2.51. The Morgan fingerprint density at radius 1 is 1.12 bits per heavy atom. The van der Waals surface area contributed by atoms with Crippen molar-refractivity contribution in [3.05, 3.63) is 11.6 Å². The van der Waals surface area contributed by atoms with Gasteiger partial charge >= 0.3 is 5.97 Å². The molecule has 0 aromatic carbocycles. The van der Waals surface area contributed by atoms with E-state index in [1.807, 2.05) is 0 Å². The Balaban J connectivity index is 1.61. The fourth-order valence-corrected chi connectivity index (χ4v) is 7.06. The van der Waals surface area contributed by atoms with Gasteiger partial charge in [0, 0.05) is 12.3 Å². The standard InChI is InChI=1S/C21H32O3/c1-13(22)24-19-7-6-17-16-5-4-14-12-15(23)8-10-20(14,2)18(16)9-11-21(17,19)3/h12,15-19,23H,4-11H2,1-3H3/t15-,16?,17?,18?,19-,20-,21-/m0/s1. The highest BCUT2D eigenvalue weighted by molar-refractivity contribution is 5.66. The van der Waals surface area contributed by atoms with Gasteiger partial charge in [0.15, 0.2) is 0 Å². The van der Waals surface area contributed by atoms with Gasteiger partial charge in [-0.25, -0.2) is 0 Å². The minimum absolute atomic E-state index is 0.119. The molecule has 4 rings (SSSR count). The molecule has 3 fully saturated rings. The lowest BCUT2D eigenvalue weighted by atomic mass is 9.47. The first-order valence-electron chi connectivity index (χ1n) is 9.91. The summed E-state index contributed by atoms with van der Waals surface area (Å²) >= 11 is 0. The molecule has 3 saturated carbocycles. The molecule has 7 atom stereocenters. The Morgan fingerprint density at radius 3 is 2.67 bits per heavy atom. The zero-order valence-electron chi connectivity index (χ0n) is 15.4. The topological polar surface area (TPSA) is 46.5 Å². The third-order valence-electron chi connectivity index (χ3n) is 8.31. The third-order valence-corrected chi connectivity index (χ3v) is 8.31. The SMILES string of the molecule is CC(=O)O[C@H]1CCC2C3CCC4=C[C@@H](O)CC[C@]4(C)C3CC[C@@]21C. The van der Waals surface area contributed by atoms with Crippen LogP contribution in [0, 0.1) is 28.6 Å². The molecule has 3 heteroatoms. The van der Waals surface area contributed by atoms with Crippen molar-refractivity contribution in [3.63, 3.8) is 0 Å². The van der Waals surface area contributed by atoms with Crippen molar-refractivity contribution in [2.75, 3.05) is 0 Å². The average Bonchev–Trinajstić information content (AvgIpc) is 2.84. The molecule has 0 radical (unpaired) electrons. The van der Waals surface area contributed by atoms with Crippen LogP contribution in [0.2, 0.25) is 0 Å². The summed E-state index contributed by atoms with van der Waals surface area (Å²) in [4.78, 5) is 11.5. The third kappa shape index (κ3) is 2.30. The van der Waals surface area contributed by atoms with E-state index >= 15 is 0 Å². The van der Waals surface area contributed by atoms with Crippen LogP contribution in [0.1, 0.15) is 72.1 Å². The molecular weight excluding hydrogens is 300 g/mol. The van der Waals surface area contributed by atoms with E-state index in [0.29, 0.717) is 11.3 Å². The highest BCUT2D eigenvalue weighted by Crippen LogP contribution is 2.65. The van der Waals surface area contributed by atoms with E-state index in [-0.39, 0.29) is 23.6 Å². The van der Waals surface area contributed by atoms with Crippen molar-refractivity contribution >= 4 is 5.97 Å². The van der Waals surface area contributed by atoms with E-state index in [2.05, 4.69) is 19.9 Å². The summed E-state index contributed by atoms with van der Waals surface area (Å²) in [6.45, 7) is 6.39. The van der Waals surface area contributed by atoms with Gasteiger partial charge in [0.05, 0.1) is 6.10 Å². The first-order chi connectivity index (χ1) is 11.3. The van der Waals surface area contributed by atoms with Gasteiger partial charge in [-0.1, -0.05) is 25.5 Å². The Hall–Kier alpha value is -0.830. The monoisotopic (exact) mass is 332 g/mol. The van der Waals surface area contributed by atoms with Crippen LogP contribution in [-0.4, -0.2) is 23.3 Å². The van der Waals surface area contributed by atoms with E-state index in [0.717, 1.165) is 37.5 Å². The van der Waals surface area contributed by atoms with Crippen molar-refractivity contribution in [3.8, 4) is 0 Å². The van der Waals surface area contributed by atoms with E-state index < -0.39 is 0 Å². The minimum Gasteiger partial charge on any atom is -0.462 e. The lowest BCUT2D eigenvalue weighted by molar-refractivity contribution is -0.157. The zero-order chi connectivity index (χ0) is 17.1. The van der Waals surface area contributed by atoms with Crippen molar-refractivity contribution in [2.45, 2.75) is 84.3 Å². The molecular formula is C21H32O3. The normalized spacial score (nSPS) is 50.3. The number of hydrogen-bond acceptors (Lipinski definition) is 3. The quantitative estimate of drug-likeness (QED) is 0.577. The Kier molecular flexibility index (Phi) is 3.87. The maximum absolute atomic E-state index is 11.5. The number of hydrogen-bond donors (Lipinski definition) is 1. The van der Waals surface area contributed by atoms with E-state index in [1.54, 1.807) is 6.92 Å². The zero-order valence-corrected chi connectivity index (χ0v) is 15.4. The molecule has 0 aromatic rings. The van der Waals surface area contributed by atoms with Gasteiger partial charge < -0.3 is 9.84 Å². The van der Waals surface area contributed by atoms with Gasteiger partial charge in [0.2, 0.25) is 0 Å². The Morgan fingerprint density at radius 2 is 1.92 bits per heavy atom. The minimum atomic E-state index is -0.224. The number of aliphatic hydroxyl groups excluding tert-OH is 1. The molecule has 1 N–H and O–H groups in total. The number of esters is 1. The van der Waals surface area contributed by atoms with Gasteiger partial charge in [-0.15, -0.1) is 0 Å². The fourth-order valence-electron chi connectivity index (χ4n) is 7.06. The van der Waals surface area contributed by atoms with Crippen LogP contribution < -0.4 is 0 Å². The molecule has 0 saturated heterocycles. The van der Waals surface area contributed by atoms with E-state index in [1.165, 1.54) is 31.3 Å². The molecule has 134 valence electrons. The summed E-state index contributed by atoms with van der Waals surface area (Å²) in [5.41, 5.74) is 2.00. The molecule has 3 nitrogen and oxygen atoms in total. The van der Waals surface area contributed by atoms with Gasteiger partial charge in [-0.05, 0) is 74.5 Å². The summed E-state index contributed by atoms with van der Waals surface area (Å²) in [5, 5.41) is 10.0. The number of carbonyl (C=O) groups excluding carboxylic acids is 1. The second-order valence-corrected chi connectivity index (χ2v) is 9.35. The van der Waals surface area contributed by atoms with Crippen LogP contribution >= 0.6 is 0 Å². The first-order valence-corrected chi connectivity index (χ1v) is 9.91. The molecule has 3 unspecified atom stereocenters. The molecule has 0 spiro atoms. The van der Waals surface area contributed by atoms with Gasteiger partial charge in [-0.2, -0.15) is 0 Å². The van der Waals surface area contributed by atoms with Crippen LogP contribution in [0.25, 0.3) is 0 Å². The molecule has 24 heavy (non-hydrogen) atoms. The van der Waals surface area contributed by atoms with Crippen molar-refractivity contribution < 1.29 is 14.6 Å². The first kappa shape index (κ1) is 16.6. The van der Waals surface area contributed by atoms with Crippen LogP contribution in [0.3, 0.4) is 0 Å². The molecule has 4 aliphatic carbocycles. The molecule has 0 aliphatic heterocycles. The molecule has 4 aliphatic rings. The summed E-state index contributed by atoms with van der Waals surface area (Å²) in [5.74, 6) is 2.10. The molecule has 0 amide bonds. The number of fused-ring (bicyclic) bond motifs is 5. The maximum atomic E-state index is 11.5. The second kappa shape index (κ2) is 5.59. The number of aliphatic hydroxyl groups is 1. The Labute approximate surface area is 145 Å². The smallest absolute Gasteiger partial charge is 0.302 e. The summed E-state index contributed by atoms with van der Waals surface area (Å²) < 4.78 is 5.73. The van der Waals surface area contributed by atoms with Gasteiger partial charge in [-0.3, -0.25) is 4.79 Å². The van der Waals surface area contributed by atoms with Crippen LogP contribution in [0.4, 0.5) is 0 Å². The predicted molar refractivity (Wildman–Crippen MR) is 93.3 cm³/mol. The number of carbonyl (C=O) groups is 1. The Bertz CT molecular complexity index is 567. The van der Waals surface area contributed by atoms with Crippen molar-refractivity contribution in [1.29, 1.82) is 0 Å². The number of ether oxygens (including phenoxy) is 1. The highest BCUT2D eigenvalue weighted by Gasteiger charge is 2.59. The van der Waals surface area contributed by atoms with E-state index in [4.69, 9.17) is 4.74 Å². The second-order valence-electron chi connectivity index (χ2n) is 9.35. The lowest BCUT2D eigenvalue weighted by Gasteiger charge is -2.58. The number of allylic oxidation sites excluding steroid dienone is 1. The fraction of sp³-hybridized carbons (Fsp3) is 0.857. The highest BCUT2D eigenvalue weighted by atomic mass is 16.5. The number of rotatable bonds is 1. The molecule has 0 bridgehead atoms. The summed E-state index contributed by atoms with van der Waals surface area (Å²) in [6.07, 6.45) is 11.2. The predicted octanol–water partition coefficient (Wildman–Crippen LogP) is 4.24. The van der Waals surface area contributed by atoms with Crippen molar-refractivity contribution in [1.82, 2.24) is 0 Å². The maximum Gasteiger partial charge on any atom is 0.302 e. The van der Waals surface area contributed by atoms with Crippen LogP contribution in [0.15, 0.2) is 11.6 Å². The van der Waals surface area contributed by atoms with Gasteiger partial charge in [0.25, 0.3) is 0 Å². The summed E-state index contributed by atoms with van der Waals surface area (Å²) in [7, 11) is 0. The summed E-state index contributed by atoms with van der Waals surface area (Å²) in [6, 6.07) is 0. The molecule has 0 heterocycles. The molecule has 0 aromatic heterocycles. The van der Waals surface area contributed by atoms with E-state index in [9.17, 15) is 9.90 Å².